The summed E-state index contributed by atoms with van der Waals surface area (Å²) in [7, 11) is -4.38. The lowest BCUT2D eigenvalue weighted by Gasteiger charge is -2.34. The molecule has 46 heavy (non-hydrogen) atoms. The number of nitrogens with one attached hydrogen (secondary N) is 1. The third-order valence-electron chi connectivity index (χ3n) is 7.12. The maximum Gasteiger partial charge on any atom is 0.264 e. The Hall–Kier alpha value is -4.41. The van der Waals surface area contributed by atoms with Crippen molar-refractivity contribution in [2.75, 3.05) is 17.5 Å². The standard InChI is InChI=1S/C35H37ClFN3O5S/c1-4-45-30-18-16-29(17-19-30)40(46(43,44)31-20-14-28(37)15-21-31)24-34(41)39(23-27-12-8-9-13-32(27)36)33(35(42)38-25(2)3)22-26-10-6-5-7-11-26/h5-21,25,33H,4,22-24H2,1-3H3,(H,38,42)/t33-/m1/s1. The normalized spacial score (nSPS) is 12.0. The zero-order chi connectivity index (χ0) is 33.3. The van der Waals surface area contributed by atoms with E-state index in [1.54, 1.807) is 36.4 Å². The van der Waals surface area contributed by atoms with E-state index in [9.17, 15) is 22.4 Å². The molecule has 0 aliphatic carbocycles. The second kappa shape index (κ2) is 15.7. The van der Waals surface area contributed by atoms with Crippen LogP contribution in [0.25, 0.3) is 0 Å². The molecular weight excluding hydrogens is 629 g/mol. The number of sulfonamides is 1. The molecule has 242 valence electrons. The predicted octanol–water partition coefficient (Wildman–Crippen LogP) is 6.24. The Kier molecular flexibility index (Phi) is 11.8. The smallest absolute Gasteiger partial charge is 0.264 e. The van der Waals surface area contributed by atoms with E-state index in [1.807, 2.05) is 51.1 Å². The summed E-state index contributed by atoms with van der Waals surface area (Å²) in [6.45, 7) is 5.16. The van der Waals surface area contributed by atoms with Gasteiger partial charge in [0.25, 0.3) is 10.0 Å². The number of amides is 2. The molecule has 0 fully saturated rings. The molecule has 8 nitrogen and oxygen atoms in total. The molecule has 2 amide bonds. The highest BCUT2D eigenvalue weighted by Crippen LogP contribution is 2.28. The first-order valence-corrected chi connectivity index (χ1v) is 16.7. The van der Waals surface area contributed by atoms with Gasteiger partial charge in [-0.3, -0.25) is 13.9 Å². The average Bonchev–Trinajstić information content (AvgIpc) is 3.03. The summed E-state index contributed by atoms with van der Waals surface area (Å²) in [4.78, 5) is 29.4. The minimum Gasteiger partial charge on any atom is -0.494 e. The van der Waals surface area contributed by atoms with Gasteiger partial charge in [0, 0.05) is 24.0 Å². The second-order valence-electron chi connectivity index (χ2n) is 10.9. The molecule has 0 aliphatic heterocycles. The fourth-order valence-electron chi connectivity index (χ4n) is 4.88. The largest absolute Gasteiger partial charge is 0.494 e. The topological polar surface area (TPSA) is 96.0 Å². The highest BCUT2D eigenvalue weighted by molar-refractivity contribution is 7.92. The van der Waals surface area contributed by atoms with Gasteiger partial charge in [0.1, 0.15) is 24.2 Å². The summed E-state index contributed by atoms with van der Waals surface area (Å²) in [5.41, 5.74) is 1.58. The van der Waals surface area contributed by atoms with E-state index >= 15 is 0 Å². The highest BCUT2D eigenvalue weighted by Gasteiger charge is 2.35. The highest BCUT2D eigenvalue weighted by atomic mass is 35.5. The fourth-order valence-corrected chi connectivity index (χ4v) is 6.49. The van der Waals surface area contributed by atoms with Crippen LogP contribution in [-0.2, 0) is 32.6 Å². The summed E-state index contributed by atoms with van der Waals surface area (Å²) in [5.74, 6) is -1.12. The molecule has 0 saturated heterocycles. The summed E-state index contributed by atoms with van der Waals surface area (Å²) in [6.07, 6.45) is 0.170. The van der Waals surface area contributed by atoms with Crippen LogP contribution < -0.4 is 14.4 Å². The van der Waals surface area contributed by atoms with Gasteiger partial charge in [0.2, 0.25) is 11.8 Å². The Morgan fingerprint density at radius 3 is 2.13 bits per heavy atom. The van der Waals surface area contributed by atoms with Crippen molar-refractivity contribution in [3.8, 4) is 5.75 Å². The third kappa shape index (κ3) is 8.86. The maximum absolute atomic E-state index is 14.5. The Morgan fingerprint density at radius 2 is 1.52 bits per heavy atom. The number of anilines is 1. The Bertz CT molecular complexity index is 1720. The van der Waals surface area contributed by atoms with Crippen molar-refractivity contribution in [2.45, 2.75) is 50.7 Å². The SMILES string of the molecule is CCOc1ccc(N(CC(=O)N(Cc2ccccc2Cl)[C@H](Cc2ccccc2)C(=O)NC(C)C)S(=O)(=O)c2ccc(F)cc2)cc1. The molecule has 11 heteroatoms. The van der Waals surface area contributed by atoms with Crippen molar-refractivity contribution >= 4 is 39.1 Å². The van der Waals surface area contributed by atoms with Gasteiger partial charge in [-0.1, -0.05) is 60.1 Å². The third-order valence-corrected chi connectivity index (χ3v) is 9.27. The Morgan fingerprint density at radius 1 is 0.891 bits per heavy atom. The monoisotopic (exact) mass is 665 g/mol. The molecule has 0 aromatic heterocycles. The van der Waals surface area contributed by atoms with Gasteiger partial charge in [-0.2, -0.15) is 0 Å². The molecule has 0 radical (unpaired) electrons. The summed E-state index contributed by atoms with van der Waals surface area (Å²) in [5, 5.41) is 3.31. The van der Waals surface area contributed by atoms with Crippen molar-refractivity contribution in [1.82, 2.24) is 10.2 Å². The van der Waals surface area contributed by atoms with Gasteiger partial charge in [0.15, 0.2) is 0 Å². The van der Waals surface area contributed by atoms with E-state index in [0.717, 1.165) is 34.1 Å². The molecule has 0 spiro atoms. The van der Waals surface area contributed by atoms with Crippen LogP contribution in [0.4, 0.5) is 10.1 Å². The summed E-state index contributed by atoms with van der Waals surface area (Å²) < 4.78 is 48.4. The number of halogens is 2. The van der Waals surface area contributed by atoms with Crippen molar-refractivity contribution in [3.05, 3.63) is 125 Å². The first-order valence-electron chi connectivity index (χ1n) is 14.9. The zero-order valence-electron chi connectivity index (χ0n) is 25.9. The molecule has 4 aromatic rings. The maximum atomic E-state index is 14.5. The van der Waals surface area contributed by atoms with Crippen LogP contribution in [-0.4, -0.2) is 50.4 Å². The van der Waals surface area contributed by atoms with E-state index < -0.39 is 40.2 Å². The van der Waals surface area contributed by atoms with Gasteiger partial charge >= 0.3 is 0 Å². The van der Waals surface area contributed by atoms with Crippen LogP contribution in [0.15, 0.2) is 108 Å². The minimum atomic E-state index is -4.38. The molecular formula is C35H37ClFN3O5S. The van der Waals surface area contributed by atoms with E-state index in [1.165, 1.54) is 17.0 Å². The van der Waals surface area contributed by atoms with Crippen LogP contribution in [0.5, 0.6) is 5.75 Å². The average molecular weight is 666 g/mol. The number of carbonyl (C=O) groups excluding carboxylic acids is 2. The second-order valence-corrected chi connectivity index (χ2v) is 13.1. The van der Waals surface area contributed by atoms with Crippen LogP contribution in [0.3, 0.4) is 0 Å². The molecule has 4 rings (SSSR count). The first-order chi connectivity index (χ1) is 22.0. The number of hydrogen-bond acceptors (Lipinski definition) is 5. The number of ether oxygens (including phenoxy) is 1. The summed E-state index contributed by atoms with van der Waals surface area (Å²) >= 11 is 6.52. The van der Waals surface area contributed by atoms with E-state index in [2.05, 4.69) is 5.32 Å². The zero-order valence-corrected chi connectivity index (χ0v) is 27.5. The van der Waals surface area contributed by atoms with Crippen molar-refractivity contribution in [1.29, 1.82) is 0 Å². The first kappa shape index (κ1) is 34.5. The van der Waals surface area contributed by atoms with Crippen molar-refractivity contribution in [3.63, 3.8) is 0 Å². The molecule has 1 atom stereocenters. The van der Waals surface area contributed by atoms with Crippen molar-refractivity contribution in [2.24, 2.45) is 0 Å². The lowest BCUT2D eigenvalue weighted by atomic mass is 10.0. The van der Waals surface area contributed by atoms with Crippen LogP contribution >= 0.6 is 11.6 Å². The Labute approximate surface area is 274 Å². The quantitative estimate of drug-likeness (QED) is 0.172. The molecule has 0 unspecified atom stereocenters. The molecule has 0 saturated carbocycles. The number of benzene rings is 4. The van der Waals surface area contributed by atoms with Crippen LogP contribution in [0.1, 0.15) is 31.9 Å². The molecule has 4 aromatic carbocycles. The minimum absolute atomic E-state index is 0.0603. The lowest BCUT2D eigenvalue weighted by Crippen LogP contribution is -2.54. The molecule has 0 aliphatic rings. The van der Waals surface area contributed by atoms with Gasteiger partial charge in [-0.15, -0.1) is 0 Å². The Balaban J connectivity index is 1.81. The van der Waals surface area contributed by atoms with Crippen molar-refractivity contribution < 1.29 is 27.1 Å². The summed E-state index contributed by atoms with van der Waals surface area (Å²) in [6, 6.07) is 25.6. The van der Waals surface area contributed by atoms with Crippen LogP contribution in [0, 0.1) is 5.82 Å². The number of hydrogen-bond donors (Lipinski definition) is 1. The van der Waals surface area contributed by atoms with Gasteiger partial charge in [0.05, 0.1) is 17.2 Å². The number of carbonyl (C=O) groups is 2. The van der Waals surface area contributed by atoms with Crippen LogP contribution in [0.2, 0.25) is 5.02 Å². The van der Waals surface area contributed by atoms with E-state index in [-0.39, 0.29) is 29.6 Å². The molecule has 0 bridgehead atoms. The van der Waals surface area contributed by atoms with E-state index in [0.29, 0.717) is 22.9 Å². The van der Waals surface area contributed by atoms with Gasteiger partial charge < -0.3 is 15.0 Å². The van der Waals surface area contributed by atoms with Gasteiger partial charge in [-0.05, 0) is 86.5 Å². The molecule has 1 N–H and O–H groups in total. The predicted molar refractivity (Wildman–Crippen MR) is 178 cm³/mol. The molecule has 0 heterocycles. The van der Waals surface area contributed by atoms with Gasteiger partial charge in [-0.25, -0.2) is 12.8 Å². The number of rotatable bonds is 14. The fraction of sp³-hybridized carbons (Fsp3) is 0.257. The van der Waals surface area contributed by atoms with E-state index in [4.69, 9.17) is 16.3 Å². The number of nitrogens with zero attached hydrogens (tertiary/aromatic N) is 2. The lowest BCUT2D eigenvalue weighted by molar-refractivity contribution is -0.140.